The van der Waals surface area contributed by atoms with Gasteiger partial charge in [-0.3, -0.25) is 9.59 Å². The summed E-state index contributed by atoms with van der Waals surface area (Å²) in [4.78, 5) is 25.8. The molecule has 0 spiro atoms. The number of nitrogens with one attached hydrogen (secondary N) is 1. The summed E-state index contributed by atoms with van der Waals surface area (Å²) in [5, 5.41) is 2.62. The first-order chi connectivity index (χ1) is 12.8. The minimum Gasteiger partial charge on any atom is -0.406 e. The van der Waals surface area contributed by atoms with Crippen LogP contribution in [0.1, 0.15) is 28.8 Å². The van der Waals surface area contributed by atoms with Gasteiger partial charge in [0.15, 0.2) is 0 Å². The topological polar surface area (TPSA) is 58.6 Å². The van der Waals surface area contributed by atoms with Crippen LogP contribution in [0, 0.1) is 0 Å². The molecule has 0 atom stereocenters. The Kier molecular flexibility index (Phi) is 5.34. The van der Waals surface area contributed by atoms with E-state index in [1.807, 2.05) is 6.07 Å². The first kappa shape index (κ1) is 18.8. The van der Waals surface area contributed by atoms with Crippen molar-refractivity contribution in [1.82, 2.24) is 4.90 Å². The summed E-state index contributed by atoms with van der Waals surface area (Å²) in [5.41, 5.74) is 1.58. The zero-order chi connectivity index (χ0) is 19.4. The van der Waals surface area contributed by atoms with Gasteiger partial charge in [0.25, 0.3) is 5.91 Å². The molecule has 142 valence electrons. The lowest BCUT2D eigenvalue weighted by molar-refractivity contribution is -0.274. The van der Waals surface area contributed by atoms with Crippen LogP contribution in [0.15, 0.2) is 48.5 Å². The molecule has 0 unspecified atom stereocenters. The van der Waals surface area contributed by atoms with E-state index in [9.17, 15) is 22.8 Å². The van der Waals surface area contributed by atoms with E-state index in [4.69, 9.17) is 0 Å². The fourth-order valence-corrected chi connectivity index (χ4v) is 2.85. The molecule has 0 aliphatic carbocycles. The SMILES string of the molecule is O=C(Nc1ccc(OC(F)(F)F)cc1)c1cccc(CN2CCCC2=O)c1. The predicted molar refractivity (Wildman–Crippen MR) is 92.2 cm³/mol. The quantitative estimate of drug-likeness (QED) is 0.857. The molecule has 0 bridgehead atoms. The number of rotatable bonds is 5. The van der Waals surface area contributed by atoms with Crippen LogP contribution in [0.2, 0.25) is 0 Å². The van der Waals surface area contributed by atoms with E-state index < -0.39 is 12.3 Å². The normalized spacial score (nSPS) is 14.3. The van der Waals surface area contributed by atoms with E-state index in [0.717, 1.165) is 24.1 Å². The predicted octanol–water partition coefficient (Wildman–Crippen LogP) is 3.96. The van der Waals surface area contributed by atoms with Crippen molar-refractivity contribution in [3.05, 3.63) is 59.7 Å². The number of ether oxygens (including phenoxy) is 1. The van der Waals surface area contributed by atoms with Crippen LogP contribution in [-0.2, 0) is 11.3 Å². The van der Waals surface area contributed by atoms with Crippen LogP contribution < -0.4 is 10.1 Å². The number of halogens is 3. The van der Waals surface area contributed by atoms with Crippen molar-refractivity contribution in [2.24, 2.45) is 0 Å². The molecule has 1 fully saturated rings. The van der Waals surface area contributed by atoms with Gasteiger partial charge in [-0.05, 0) is 48.4 Å². The van der Waals surface area contributed by atoms with Crippen molar-refractivity contribution in [3.8, 4) is 5.75 Å². The second-order valence-corrected chi connectivity index (χ2v) is 6.15. The van der Waals surface area contributed by atoms with E-state index in [0.29, 0.717) is 30.8 Å². The fourth-order valence-electron chi connectivity index (χ4n) is 2.85. The van der Waals surface area contributed by atoms with Crippen molar-refractivity contribution in [2.45, 2.75) is 25.7 Å². The van der Waals surface area contributed by atoms with E-state index in [2.05, 4.69) is 10.1 Å². The number of benzene rings is 2. The Labute approximate surface area is 153 Å². The number of carbonyl (C=O) groups excluding carboxylic acids is 2. The number of carbonyl (C=O) groups is 2. The van der Waals surface area contributed by atoms with Gasteiger partial charge in [-0.15, -0.1) is 13.2 Å². The maximum absolute atomic E-state index is 12.4. The lowest BCUT2D eigenvalue weighted by Crippen LogP contribution is -2.24. The van der Waals surface area contributed by atoms with Crippen LogP contribution >= 0.6 is 0 Å². The minimum absolute atomic E-state index is 0.103. The minimum atomic E-state index is -4.76. The van der Waals surface area contributed by atoms with Crippen molar-refractivity contribution < 1.29 is 27.5 Å². The van der Waals surface area contributed by atoms with Crippen molar-refractivity contribution >= 4 is 17.5 Å². The number of alkyl halides is 3. The average Bonchev–Trinajstić information content (AvgIpc) is 3.00. The molecule has 0 radical (unpaired) electrons. The number of nitrogens with zero attached hydrogens (tertiary/aromatic N) is 1. The van der Waals surface area contributed by atoms with Gasteiger partial charge >= 0.3 is 6.36 Å². The number of likely N-dealkylation sites (tertiary alicyclic amines) is 1. The van der Waals surface area contributed by atoms with Crippen LogP contribution in [0.25, 0.3) is 0 Å². The highest BCUT2D eigenvalue weighted by Gasteiger charge is 2.31. The molecular formula is C19H17F3N2O3. The third-order valence-corrected chi connectivity index (χ3v) is 4.08. The molecule has 1 aliphatic heterocycles. The highest BCUT2D eigenvalue weighted by Crippen LogP contribution is 2.24. The summed E-state index contributed by atoms with van der Waals surface area (Å²) in [6.07, 6.45) is -3.37. The number of hydrogen-bond donors (Lipinski definition) is 1. The Morgan fingerprint density at radius 2 is 1.89 bits per heavy atom. The second kappa shape index (κ2) is 7.69. The van der Waals surface area contributed by atoms with Crippen molar-refractivity contribution in [1.29, 1.82) is 0 Å². The molecule has 1 aliphatic rings. The largest absolute Gasteiger partial charge is 0.573 e. The van der Waals surface area contributed by atoms with Crippen LogP contribution in [0.4, 0.5) is 18.9 Å². The Bertz CT molecular complexity index is 835. The van der Waals surface area contributed by atoms with E-state index in [-0.39, 0.29) is 11.7 Å². The first-order valence-electron chi connectivity index (χ1n) is 8.34. The molecule has 1 N–H and O–H groups in total. The molecule has 8 heteroatoms. The van der Waals surface area contributed by atoms with Crippen molar-refractivity contribution in [2.75, 3.05) is 11.9 Å². The molecule has 2 amide bonds. The van der Waals surface area contributed by atoms with Gasteiger partial charge in [-0.2, -0.15) is 0 Å². The summed E-state index contributed by atoms with van der Waals surface area (Å²) in [6, 6.07) is 11.8. The first-order valence-corrected chi connectivity index (χ1v) is 8.34. The zero-order valence-electron chi connectivity index (χ0n) is 14.3. The summed E-state index contributed by atoms with van der Waals surface area (Å²) < 4.78 is 40.3. The average molecular weight is 378 g/mol. The highest BCUT2D eigenvalue weighted by molar-refractivity contribution is 6.04. The molecule has 27 heavy (non-hydrogen) atoms. The lowest BCUT2D eigenvalue weighted by Gasteiger charge is -2.16. The highest BCUT2D eigenvalue weighted by atomic mass is 19.4. The molecular weight excluding hydrogens is 361 g/mol. The van der Waals surface area contributed by atoms with Gasteiger partial charge in [0.05, 0.1) is 0 Å². The van der Waals surface area contributed by atoms with Gasteiger partial charge in [-0.25, -0.2) is 0 Å². The molecule has 2 aromatic rings. The summed E-state index contributed by atoms with van der Waals surface area (Å²) in [5.74, 6) is -0.655. The Hall–Kier alpha value is -3.03. The van der Waals surface area contributed by atoms with Gasteiger partial charge in [0.1, 0.15) is 5.75 Å². The van der Waals surface area contributed by atoms with Gasteiger partial charge in [0, 0.05) is 30.8 Å². The Morgan fingerprint density at radius 1 is 1.15 bits per heavy atom. The van der Waals surface area contributed by atoms with Gasteiger partial charge in [-0.1, -0.05) is 12.1 Å². The van der Waals surface area contributed by atoms with E-state index in [1.54, 1.807) is 23.1 Å². The lowest BCUT2D eigenvalue weighted by atomic mass is 10.1. The molecule has 1 heterocycles. The van der Waals surface area contributed by atoms with Crippen LogP contribution in [-0.4, -0.2) is 29.6 Å². The number of amides is 2. The number of hydrogen-bond acceptors (Lipinski definition) is 3. The second-order valence-electron chi connectivity index (χ2n) is 6.15. The summed E-state index contributed by atoms with van der Waals surface area (Å²) in [6.45, 7) is 1.16. The molecule has 0 saturated carbocycles. The van der Waals surface area contributed by atoms with Gasteiger partial charge in [0.2, 0.25) is 5.91 Å². The maximum Gasteiger partial charge on any atom is 0.573 e. The van der Waals surface area contributed by atoms with Gasteiger partial charge < -0.3 is 15.0 Å². The molecule has 3 rings (SSSR count). The Morgan fingerprint density at radius 3 is 2.52 bits per heavy atom. The third-order valence-electron chi connectivity index (χ3n) is 4.08. The number of anilines is 1. The standard InChI is InChI=1S/C19H17F3N2O3/c20-19(21,22)27-16-8-6-15(7-9-16)23-18(26)14-4-1-3-13(11-14)12-24-10-2-5-17(24)25/h1,3-4,6-9,11H,2,5,10,12H2,(H,23,26). The van der Waals surface area contributed by atoms with E-state index in [1.165, 1.54) is 12.1 Å². The Balaban J connectivity index is 1.64. The third kappa shape index (κ3) is 5.22. The molecule has 5 nitrogen and oxygen atoms in total. The fraction of sp³-hybridized carbons (Fsp3) is 0.263. The van der Waals surface area contributed by atoms with E-state index >= 15 is 0 Å². The molecule has 1 saturated heterocycles. The summed E-state index contributed by atoms with van der Waals surface area (Å²) in [7, 11) is 0. The molecule has 2 aromatic carbocycles. The van der Waals surface area contributed by atoms with Crippen LogP contribution in [0.3, 0.4) is 0 Å². The zero-order valence-corrected chi connectivity index (χ0v) is 14.3. The smallest absolute Gasteiger partial charge is 0.406 e. The van der Waals surface area contributed by atoms with Crippen molar-refractivity contribution in [3.63, 3.8) is 0 Å². The maximum atomic E-state index is 12.4. The molecule has 0 aromatic heterocycles. The summed E-state index contributed by atoms with van der Waals surface area (Å²) >= 11 is 0. The monoisotopic (exact) mass is 378 g/mol. The van der Waals surface area contributed by atoms with Crippen LogP contribution in [0.5, 0.6) is 5.75 Å².